The van der Waals surface area contributed by atoms with Crippen molar-refractivity contribution >= 4 is 16.8 Å². The summed E-state index contributed by atoms with van der Waals surface area (Å²) in [6.45, 7) is 0. The molecule has 3 nitrogen and oxygen atoms in total. The average molecular weight is 280 g/mol. The van der Waals surface area contributed by atoms with Crippen LogP contribution in [0.3, 0.4) is 0 Å². The van der Waals surface area contributed by atoms with E-state index in [1.54, 1.807) is 0 Å². The summed E-state index contributed by atoms with van der Waals surface area (Å²) in [5.41, 5.74) is 2.22. The number of rotatable bonds is 3. The molecule has 0 spiro atoms. The molecule has 1 aromatic carbocycles. The number of aromatic amines is 1. The minimum Gasteiger partial charge on any atom is -0.361 e. The van der Waals surface area contributed by atoms with Gasteiger partial charge in [0.2, 0.25) is 5.91 Å². The number of nitrogens with one attached hydrogen (secondary N) is 2. The summed E-state index contributed by atoms with van der Waals surface area (Å²) < 4.78 is 0. The molecular weight excluding hydrogens is 260 g/mol. The second kappa shape index (κ2) is 4.12. The maximum Gasteiger partial charge on any atom is 0.224 e. The highest BCUT2D eigenvalue weighted by atomic mass is 16.1. The summed E-state index contributed by atoms with van der Waals surface area (Å²) in [6.07, 6.45) is 6.71. The fraction of sp³-hybridized carbons (Fsp3) is 0.500. The first-order chi connectivity index (χ1) is 10.3. The number of hydrogen-bond donors (Lipinski definition) is 2. The molecule has 1 aromatic heterocycles. The molecule has 0 radical (unpaired) electrons. The summed E-state index contributed by atoms with van der Waals surface area (Å²) in [4.78, 5) is 15.6. The van der Waals surface area contributed by atoms with Crippen molar-refractivity contribution in [1.82, 2.24) is 10.3 Å². The lowest BCUT2D eigenvalue weighted by Crippen LogP contribution is -2.31. The van der Waals surface area contributed by atoms with Crippen LogP contribution in [0.25, 0.3) is 10.9 Å². The largest absolute Gasteiger partial charge is 0.361 e. The summed E-state index contributed by atoms with van der Waals surface area (Å²) in [5.74, 6) is 3.65. The molecule has 3 heteroatoms. The maximum absolute atomic E-state index is 12.3. The number of H-pyrrole nitrogens is 1. The third kappa shape index (κ3) is 1.69. The SMILES string of the molecule is O=C(Cc1c[nH]c2ccccc12)NC1C2C3CCC(C3)C12. The van der Waals surface area contributed by atoms with Crippen LogP contribution in [0, 0.1) is 23.7 Å². The summed E-state index contributed by atoms with van der Waals surface area (Å²) >= 11 is 0. The quantitative estimate of drug-likeness (QED) is 0.892. The van der Waals surface area contributed by atoms with Gasteiger partial charge in [0.1, 0.15) is 0 Å². The summed E-state index contributed by atoms with van der Waals surface area (Å²) in [7, 11) is 0. The van der Waals surface area contributed by atoms with Gasteiger partial charge in [0.15, 0.2) is 0 Å². The predicted molar refractivity (Wildman–Crippen MR) is 81.7 cm³/mol. The predicted octanol–water partition coefficient (Wildman–Crippen LogP) is 2.87. The molecule has 0 saturated heterocycles. The Morgan fingerprint density at radius 3 is 2.76 bits per heavy atom. The number of carbonyl (C=O) groups is 1. The molecule has 4 unspecified atom stereocenters. The number of para-hydroxylation sites is 1. The minimum atomic E-state index is 0.193. The van der Waals surface area contributed by atoms with Gasteiger partial charge in [-0.05, 0) is 54.6 Å². The van der Waals surface area contributed by atoms with Crippen LogP contribution in [0.15, 0.2) is 30.5 Å². The van der Waals surface area contributed by atoms with Crippen molar-refractivity contribution < 1.29 is 4.79 Å². The van der Waals surface area contributed by atoms with Crippen molar-refractivity contribution in [2.45, 2.75) is 31.7 Å². The van der Waals surface area contributed by atoms with Crippen molar-refractivity contribution in [3.8, 4) is 0 Å². The molecule has 3 fully saturated rings. The molecule has 1 heterocycles. The van der Waals surface area contributed by atoms with Gasteiger partial charge in [-0.3, -0.25) is 4.79 Å². The van der Waals surface area contributed by atoms with E-state index in [-0.39, 0.29) is 5.91 Å². The Bertz CT molecular complexity index is 703. The van der Waals surface area contributed by atoms with Gasteiger partial charge in [0, 0.05) is 23.1 Å². The van der Waals surface area contributed by atoms with Crippen LogP contribution in [0.4, 0.5) is 0 Å². The van der Waals surface area contributed by atoms with Gasteiger partial charge >= 0.3 is 0 Å². The zero-order valence-corrected chi connectivity index (χ0v) is 12.0. The van der Waals surface area contributed by atoms with Gasteiger partial charge in [0.25, 0.3) is 0 Å². The fourth-order valence-corrected chi connectivity index (χ4v) is 5.21. The van der Waals surface area contributed by atoms with E-state index in [0.717, 1.165) is 34.8 Å². The highest BCUT2D eigenvalue weighted by Gasteiger charge is 2.65. The van der Waals surface area contributed by atoms with Gasteiger partial charge in [0.05, 0.1) is 6.42 Å². The lowest BCUT2D eigenvalue weighted by Gasteiger charge is -2.10. The smallest absolute Gasteiger partial charge is 0.224 e. The first-order valence-electron chi connectivity index (χ1n) is 8.15. The zero-order chi connectivity index (χ0) is 14.0. The van der Waals surface area contributed by atoms with Crippen LogP contribution in [0.2, 0.25) is 0 Å². The Balaban J connectivity index is 1.28. The molecule has 5 rings (SSSR count). The van der Waals surface area contributed by atoms with Crippen LogP contribution >= 0.6 is 0 Å². The Morgan fingerprint density at radius 2 is 1.95 bits per heavy atom. The molecule has 108 valence electrons. The molecule has 0 aliphatic heterocycles. The number of fused-ring (bicyclic) bond motifs is 6. The highest BCUT2D eigenvalue weighted by Crippen LogP contribution is 2.65. The summed E-state index contributed by atoms with van der Waals surface area (Å²) in [5, 5.41) is 4.48. The van der Waals surface area contributed by atoms with Crippen LogP contribution in [-0.2, 0) is 11.2 Å². The van der Waals surface area contributed by atoms with Crippen molar-refractivity contribution in [3.63, 3.8) is 0 Å². The summed E-state index contributed by atoms with van der Waals surface area (Å²) in [6, 6.07) is 8.68. The topological polar surface area (TPSA) is 44.9 Å². The van der Waals surface area contributed by atoms with Gasteiger partial charge < -0.3 is 10.3 Å². The zero-order valence-electron chi connectivity index (χ0n) is 12.0. The van der Waals surface area contributed by atoms with Crippen LogP contribution in [0.5, 0.6) is 0 Å². The standard InChI is InChI=1S/C18H20N2O/c21-15(8-12-9-19-14-4-2-1-3-13(12)14)20-18-16-10-5-6-11(7-10)17(16)18/h1-4,9-11,16-19H,5-8H2,(H,20,21). The number of benzene rings is 1. The lowest BCUT2D eigenvalue weighted by atomic mass is 10.0. The number of amides is 1. The van der Waals surface area contributed by atoms with Crippen molar-refractivity contribution in [3.05, 3.63) is 36.0 Å². The minimum absolute atomic E-state index is 0.193. The van der Waals surface area contributed by atoms with E-state index < -0.39 is 0 Å². The third-order valence-electron chi connectivity index (χ3n) is 6.09. The first kappa shape index (κ1) is 11.8. The van der Waals surface area contributed by atoms with Crippen LogP contribution in [-0.4, -0.2) is 16.9 Å². The molecule has 2 N–H and O–H groups in total. The van der Waals surface area contributed by atoms with E-state index in [0.29, 0.717) is 12.5 Å². The molecule has 3 aliphatic carbocycles. The van der Waals surface area contributed by atoms with E-state index in [1.807, 2.05) is 18.3 Å². The molecule has 3 saturated carbocycles. The normalized spacial score (nSPS) is 35.9. The Labute approximate surface area is 124 Å². The number of aromatic nitrogens is 1. The second-order valence-electron chi connectivity index (χ2n) is 7.12. The van der Waals surface area contributed by atoms with E-state index in [1.165, 1.54) is 24.6 Å². The molecule has 2 bridgehead atoms. The van der Waals surface area contributed by atoms with Gasteiger partial charge in [-0.15, -0.1) is 0 Å². The lowest BCUT2D eigenvalue weighted by molar-refractivity contribution is -0.120. The Morgan fingerprint density at radius 1 is 1.19 bits per heavy atom. The third-order valence-corrected chi connectivity index (χ3v) is 6.09. The number of carbonyl (C=O) groups excluding carboxylic acids is 1. The first-order valence-corrected chi connectivity index (χ1v) is 8.15. The van der Waals surface area contributed by atoms with E-state index in [2.05, 4.69) is 22.4 Å². The van der Waals surface area contributed by atoms with Crippen LogP contribution < -0.4 is 5.32 Å². The highest BCUT2D eigenvalue weighted by molar-refractivity contribution is 5.89. The van der Waals surface area contributed by atoms with Crippen LogP contribution in [0.1, 0.15) is 24.8 Å². The Hall–Kier alpha value is -1.77. The molecular formula is C18H20N2O. The van der Waals surface area contributed by atoms with Crippen molar-refractivity contribution in [2.24, 2.45) is 23.7 Å². The molecule has 3 aliphatic rings. The van der Waals surface area contributed by atoms with Gasteiger partial charge in [-0.1, -0.05) is 18.2 Å². The molecule has 2 aromatic rings. The van der Waals surface area contributed by atoms with Crippen molar-refractivity contribution in [2.75, 3.05) is 0 Å². The second-order valence-corrected chi connectivity index (χ2v) is 7.12. The fourth-order valence-electron chi connectivity index (χ4n) is 5.21. The maximum atomic E-state index is 12.3. The average Bonchev–Trinajstić information content (AvgIpc) is 2.89. The van der Waals surface area contributed by atoms with E-state index >= 15 is 0 Å². The monoisotopic (exact) mass is 280 g/mol. The Kier molecular flexibility index (Phi) is 2.33. The molecule has 4 atom stereocenters. The molecule has 21 heavy (non-hydrogen) atoms. The van der Waals surface area contributed by atoms with Gasteiger partial charge in [-0.25, -0.2) is 0 Å². The van der Waals surface area contributed by atoms with Gasteiger partial charge in [-0.2, -0.15) is 0 Å². The molecule has 1 amide bonds. The number of hydrogen-bond acceptors (Lipinski definition) is 1. The van der Waals surface area contributed by atoms with E-state index in [4.69, 9.17) is 0 Å². The van der Waals surface area contributed by atoms with Crippen molar-refractivity contribution in [1.29, 1.82) is 0 Å². The van der Waals surface area contributed by atoms with E-state index in [9.17, 15) is 4.79 Å².